The van der Waals surface area contributed by atoms with Crippen molar-refractivity contribution >= 4 is 23.4 Å². The summed E-state index contributed by atoms with van der Waals surface area (Å²) in [6.07, 6.45) is 0. The number of hydrogen-bond donors (Lipinski definition) is 1. The standard InChI is InChI=1S/C17H15F2N5O2S/c1-26-15-4-2-11(3-5-15)9-24-17(21-22-23-24)27-10-16(25)20-14-7-12(18)6-13(19)8-14/h2-8H,9-10H2,1H3,(H,20,25). The number of aromatic nitrogens is 4. The minimum Gasteiger partial charge on any atom is -0.497 e. The van der Waals surface area contributed by atoms with Crippen LogP contribution in [-0.4, -0.2) is 39.0 Å². The summed E-state index contributed by atoms with van der Waals surface area (Å²) in [5, 5.41) is 14.3. The van der Waals surface area contributed by atoms with E-state index in [4.69, 9.17) is 4.74 Å². The van der Waals surface area contributed by atoms with E-state index in [0.29, 0.717) is 11.7 Å². The Labute approximate surface area is 157 Å². The number of anilines is 1. The van der Waals surface area contributed by atoms with Crippen LogP contribution in [0.3, 0.4) is 0 Å². The van der Waals surface area contributed by atoms with Gasteiger partial charge in [-0.2, -0.15) is 0 Å². The molecule has 1 aromatic heterocycles. The van der Waals surface area contributed by atoms with Crippen molar-refractivity contribution in [2.24, 2.45) is 0 Å². The van der Waals surface area contributed by atoms with Gasteiger partial charge < -0.3 is 10.1 Å². The molecule has 10 heteroatoms. The fraction of sp³-hybridized carbons (Fsp3) is 0.176. The van der Waals surface area contributed by atoms with Crippen LogP contribution >= 0.6 is 11.8 Å². The first-order valence-corrected chi connectivity index (χ1v) is 8.80. The number of hydrogen-bond acceptors (Lipinski definition) is 6. The predicted molar refractivity (Wildman–Crippen MR) is 95.6 cm³/mol. The van der Waals surface area contributed by atoms with Gasteiger partial charge in [0.05, 0.1) is 19.4 Å². The number of halogens is 2. The van der Waals surface area contributed by atoms with E-state index >= 15 is 0 Å². The highest BCUT2D eigenvalue weighted by atomic mass is 32.2. The number of rotatable bonds is 7. The molecule has 1 N–H and O–H groups in total. The Bertz CT molecular complexity index is 913. The number of nitrogens with one attached hydrogen (secondary N) is 1. The van der Waals surface area contributed by atoms with E-state index in [-0.39, 0.29) is 11.4 Å². The molecular formula is C17H15F2N5O2S. The topological polar surface area (TPSA) is 81.9 Å². The van der Waals surface area contributed by atoms with Gasteiger partial charge in [-0.1, -0.05) is 23.9 Å². The van der Waals surface area contributed by atoms with E-state index in [0.717, 1.165) is 41.3 Å². The minimum absolute atomic E-state index is 0.0128. The second-order valence-corrected chi connectivity index (χ2v) is 6.40. The van der Waals surface area contributed by atoms with Gasteiger partial charge in [0.15, 0.2) is 0 Å². The lowest BCUT2D eigenvalue weighted by atomic mass is 10.2. The zero-order valence-electron chi connectivity index (χ0n) is 14.2. The molecule has 3 rings (SSSR count). The maximum atomic E-state index is 13.2. The molecule has 3 aromatic rings. The number of nitrogens with zero attached hydrogens (tertiary/aromatic N) is 4. The molecule has 0 bridgehead atoms. The molecule has 0 saturated heterocycles. The molecule has 1 amide bonds. The van der Waals surface area contributed by atoms with Gasteiger partial charge in [0, 0.05) is 11.8 Å². The summed E-state index contributed by atoms with van der Waals surface area (Å²) < 4.78 is 33.0. The number of carbonyl (C=O) groups excluding carboxylic acids is 1. The smallest absolute Gasteiger partial charge is 0.234 e. The van der Waals surface area contributed by atoms with Crippen molar-refractivity contribution in [2.75, 3.05) is 18.2 Å². The number of thioether (sulfide) groups is 1. The van der Waals surface area contributed by atoms with Crippen molar-refractivity contribution in [1.82, 2.24) is 20.2 Å². The molecule has 1 heterocycles. The van der Waals surface area contributed by atoms with Crippen molar-refractivity contribution in [2.45, 2.75) is 11.7 Å². The van der Waals surface area contributed by atoms with Crippen LogP contribution in [0.4, 0.5) is 14.5 Å². The van der Waals surface area contributed by atoms with Crippen molar-refractivity contribution < 1.29 is 18.3 Å². The highest BCUT2D eigenvalue weighted by Gasteiger charge is 2.12. The fourth-order valence-corrected chi connectivity index (χ4v) is 2.93. The van der Waals surface area contributed by atoms with Crippen LogP contribution in [0.5, 0.6) is 5.75 Å². The Morgan fingerprint density at radius 1 is 1.19 bits per heavy atom. The molecule has 7 nitrogen and oxygen atoms in total. The zero-order chi connectivity index (χ0) is 19.2. The van der Waals surface area contributed by atoms with Crippen molar-refractivity contribution in [1.29, 1.82) is 0 Å². The van der Waals surface area contributed by atoms with E-state index in [2.05, 4.69) is 20.8 Å². The summed E-state index contributed by atoms with van der Waals surface area (Å²) in [6.45, 7) is 0.427. The average Bonchev–Trinajstić information content (AvgIpc) is 3.07. The summed E-state index contributed by atoms with van der Waals surface area (Å²) in [6, 6.07) is 10.3. The Balaban J connectivity index is 1.58. The molecule has 0 unspecified atom stereocenters. The molecule has 27 heavy (non-hydrogen) atoms. The van der Waals surface area contributed by atoms with Gasteiger partial charge in [-0.05, 0) is 40.3 Å². The van der Waals surface area contributed by atoms with Gasteiger partial charge in [0.2, 0.25) is 11.1 Å². The Morgan fingerprint density at radius 3 is 2.56 bits per heavy atom. The van der Waals surface area contributed by atoms with Gasteiger partial charge in [0.25, 0.3) is 0 Å². The van der Waals surface area contributed by atoms with Gasteiger partial charge in [-0.25, -0.2) is 13.5 Å². The fourth-order valence-electron chi connectivity index (χ4n) is 2.26. The van der Waals surface area contributed by atoms with Crippen LogP contribution in [0, 0.1) is 11.6 Å². The molecule has 0 saturated carbocycles. The molecule has 0 radical (unpaired) electrons. The lowest BCUT2D eigenvalue weighted by Gasteiger charge is -2.07. The Morgan fingerprint density at radius 2 is 1.89 bits per heavy atom. The number of methoxy groups -OCH3 is 1. The molecule has 2 aromatic carbocycles. The normalized spacial score (nSPS) is 10.6. The molecule has 0 aliphatic rings. The molecule has 0 fully saturated rings. The summed E-state index contributed by atoms with van der Waals surface area (Å²) in [5.74, 6) is -1.22. The van der Waals surface area contributed by atoms with Crippen LogP contribution < -0.4 is 10.1 Å². The van der Waals surface area contributed by atoms with Gasteiger partial charge in [0.1, 0.15) is 17.4 Å². The first-order chi connectivity index (χ1) is 13.0. The van der Waals surface area contributed by atoms with Crippen LogP contribution in [0.2, 0.25) is 0 Å². The summed E-state index contributed by atoms with van der Waals surface area (Å²) >= 11 is 1.12. The molecular weight excluding hydrogens is 376 g/mol. The number of tetrazole rings is 1. The molecule has 0 atom stereocenters. The summed E-state index contributed by atoms with van der Waals surface area (Å²) in [4.78, 5) is 12.0. The highest BCUT2D eigenvalue weighted by molar-refractivity contribution is 7.99. The van der Waals surface area contributed by atoms with Crippen LogP contribution in [0.15, 0.2) is 47.6 Å². The lowest BCUT2D eigenvalue weighted by Crippen LogP contribution is -2.15. The molecule has 0 aliphatic heterocycles. The number of benzene rings is 2. The molecule has 140 valence electrons. The Hall–Kier alpha value is -3.01. The quantitative estimate of drug-likeness (QED) is 0.624. The number of amides is 1. The third kappa shape index (κ3) is 5.23. The van der Waals surface area contributed by atoms with Crippen molar-refractivity contribution in [3.8, 4) is 5.75 Å². The van der Waals surface area contributed by atoms with Crippen LogP contribution in [0.25, 0.3) is 0 Å². The van der Waals surface area contributed by atoms with E-state index in [1.165, 1.54) is 0 Å². The SMILES string of the molecule is COc1ccc(Cn2nnnc2SCC(=O)Nc2cc(F)cc(F)c2)cc1. The van der Waals surface area contributed by atoms with Gasteiger partial charge >= 0.3 is 0 Å². The monoisotopic (exact) mass is 391 g/mol. The van der Waals surface area contributed by atoms with Crippen molar-refractivity contribution in [3.05, 3.63) is 59.7 Å². The summed E-state index contributed by atoms with van der Waals surface area (Å²) in [7, 11) is 1.59. The maximum Gasteiger partial charge on any atom is 0.234 e. The van der Waals surface area contributed by atoms with Crippen LogP contribution in [-0.2, 0) is 11.3 Å². The lowest BCUT2D eigenvalue weighted by molar-refractivity contribution is -0.113. The largest absolute Gasteiger partial charge is 0.497 e. The van der Waals surface area contributed by atoms with Gasteiger partial charge in [-0.3, -0.25) is 4.79 Å². The number of carbonyl (C=O) groups is 1. The van der Waals surface area contributed by atoms with Crippen molar-refractivity contribution in [3.63, 3.8) is 0 Å². The summed E-state index contributed by atoms with van der Waals surface area (Å²) in [5.41, 5.74) is 1.01. The molecule has 0 spiro atoms. The second kappa shape index (κ2) is 8.58. The predicted octanol–water partition coefficient (Wildman–Crippen LogP) is 2.74. The zero-order valence-corrected chi connectivity index (χ0v) is 15.0. The van der Waals surface area contributed by atoms with E-state index in [1.54, 1.807) is 11.8 Å². The first-order valence-electron chi connectivity index (χ1n) is 7.81. The number of ether oxygens (including phenoxy) is 1. The highest BCUT2D eigenvalue weighted by Crippen LogP contribution is 2.18. The third-order valence-corrected chi connectivity index (χ3v) is 4.43. The Kier molecular flexibility index (Phi) is 5.97. The van der Waals surface area contributed by atoms with E-state index in [9.17, 15) is 13.6 Å². The van der Waals surface area contributed by atoms with Crippen LogP contribution in [0.1, 0.15) is 5.56 Å². The first kappa shape index (κ1) is 18.8. The van der Waals surface area contributed by atoms with Gasteiger partial charge in [-0.15, -0.1) is 5.10 Å². The second-order valence-electron chi connectivity index (χ2n) is 5.46. The molecule has 0 aliphatic carbocycles. The van der Waals surface area contributed by atoms with E-state index < -0.39 is 17.5 Å². The van der Waals surface area contributed by atoms with E-state index in [1.807, 2.05) is 24.3 Å². The minimum atomic E-state index is -0.763. The average molecular weight is 391 g/mol. The maximum absolute atomic E-state index is 13.2. The third-order valence-electron chi connectivity index (χ3n) is 3.47.